The van der Waals surface area contributed by atoms with Gasteiger partial charge in [-0.2, -0.15) is 0 Å². The number of hydrogen-bond donors (Lipinski definition) is 3. The van der Waals surface area contributed by atoms with Gasteiger partial charge >= 0.3 is 0 Å². The molecule has 0 radical (unpaired) electrons. The largest absolute Gasteiger partial charge is 0.316 e. The molecule has 0 amide bonds. The van der Waals surface area contributed by atoms with Gasteiger partial charge in [0.15, 0.2) is 0 Å². The zero-order valence-electron chi connectivity index (χ0n) is 13.2. The van der Waals surface area contributed by atoms with Crippen LogP contribution in [0.25, 0.3) is 0 Å². The van der Waals surface area contributed by atoms with Crippen molar-refractivity contribution in [3.63, 3.8) is 0 Å². The second-order valence-electron chi connectivity index (χ2n) is 5.91. The first-order valence-electron chi connectivity index (χ1n) is 7.71. The summed E-state index contributed by atoms with van der Waals surface area (Å²) < 4.78 is 33.4. The number of nitrogens with one attached hydrogen (secondary N) is 3. The minimum absolute atomic E-state index is 0.307. The molecule has 0 aliphatic carbocycles. The summed E-state index contributed by atoms with van der Waals surface area (Å²) in [6.07, 6.45) is 6.29. The lowest BCUT2D eigenvalue weighted by molar-refractivity contribution is 0.604. The first-order chi connectivity index (χ1) is 11.5. The Morgan fingerprint density at radius 2 is 2.17 bits per heavy atom. The van der Waals surface area contributed by atoms with E-state index in [1.807, 2.05) is 37.4 Å². The van der Waals surface area contributed by atoms with Crippen LogP contribution in [0, 0.1) is 0 Å². The fourth-order valence-corrected chi connectivity index (χ4v) is 5.25. The molecule has 3 aliphatic rings. The summed E-state index contributed by atoms with van der Waals surface area (Å²) >= 11 is 1.34. The molecular weight excluding hydrogens is 344 g/mol. The molecule has 0 spiro atoms. The predicted molar refractivity (Wildman–Crippen MR) is 96.9 cm³/mol. The summed E-state index contributed by atoms with van der Waals surface area (Å²) in [5.41, 5.74) is 4.40. The Morgan fingerprint density at radius 3 is 3.04 bits per heavy atom. The molecule has 8 heteroatoms. The minimum Gasteiger partial charge on any atom is -0.316 e. The zero-order valence-corrected chi connectivity index (χ0v) is 14.8. The van der Waals surface area contributed by atoms with Gasteiger partial charge in [0.2, 0.25) is 0 Å². The Hall–Kier alpha value is -1.90. The van der Waals surface area contributed by atoms with Crippen LogP contribution >= 0.6 is 12.1 Å². The highest BCUT2D eigenvalue weighted by atomic mass is 32.2. The fourth-order valence-electron chi connectivity index (χ4n) is 3.08. The molecule has 3 heterocycles. The van der Waals surface area contributed by atoms with Crippen LogP contribution in [0.2, 0.25) is 0 Å². The molecule has 0 atom stereocenters. The SMILES string of the molecule is CC1=C(S(=O)(=O)Nc2ccc3c(c2)CCNC3)C2=CNSN2C=C1. The number of fused-ring (bicyclic) bond motifs is 2. The molecule has 1 aromatic carbocycles. The molecular formula is C16H18N4O2S2. The maximum Gasteiger partial charge on any atom is 0.264 e. The van der Waals surface area contributed by atoms with Gasteiger partial charge < -0.3 is 10.0 Å². The second-order valence-corrected chi connectivity index (χ2v) is 8.34. The van der Waals surface area contributed by atoms with Crippen molar-refractivity contribution in [1.82, 2.24) is 14.3 Å². The van der Waals surface area contributed by atoms with Crippen molar-refractivity contribution in [3.8, 4) is 0 Å². The first kappa shape index (κ1) is 15.6. The van der Waals surface area contributed by atoms with Crippen LogP contribution in [0.1, 0.15) is 18.1 Å². The summed E-state index contributed by atoms with van der Waals surface area (Å²) in [5, 5.41) is 3.32. The van der Waals surface area contributed by atoms with Gasteiger partial charge in [-0.3, -0.25) is 9.03 Å². The third kappa shape index (κ3) is 2.70. The summed E-state index contributed by atoms with van der Waals surface area (Å²) in [6.45, 7) is 3.57. The number of anilines is 1. The number of benzene rings is 1. The van der Waals surface area contributed by atoms with Gasteiger partial charge in [0, 0.05) is 24.6 Å². The summed E-state index contributed by atoms with van der Waals surface area (Å²) in [6, 6.07) is 5.75. The Bertz CT molecular complexity index is 887. The standard InChI is InChI=1S/C16H18N4O2S2/c1-11-5-7-20-15(10-18-23-20)16(11)24(21,22)19-14-3-2-13-9-17-6-4-12(13)8-14/h2-3,5,7-8,10,17-19H,4,6,9H2,1H3. The van der Waals surface area contributed by atoms with Gasteiger partial charge in [-0.15, -0.1) is 0 Å². The number of rotatable bonds is 3. The van der Waals surface area contributed by atoms with Crippen molar-refractivity contribution in [2.75, 3.05) is 11.3 Å². The average molecular weight is 362 g/mol. The molecule has 0 bridgehead atoms. The Morgan fingerprint density at radius 1 is 1.29 bits per heavy atom. The molecule has 3 N–H and O–H groups in total. The van der Waals surface area contributed by atoms with Crippen molar-refractivity contribution < 1.29 is 8.42 Å². The maximum absolute atomic E-state index is 13.0. The summed E-state index contributed by atoms with van der Waals surface area (Å²) in [5.74, 6) is 0. The summed E-state index contributed by atoms with van der Waals surface area (Å²) in [4.78, 5) is 0.307. The number of allylic oxidation sites excluding steroid dienone is 2. The molecule has 6 nitrogen and oxygen atoms in total. The normalized spacial score (nSPS) is 19.5. The van der Waals surface area contributed by atoms with Gasteiger partial charge in [-0.1, -0.05) is 6.07 Å². The van der Waals surface area contributed by atoms with E-state index in [4.69, 9.17) is 0 Å². The molecule has 0 fully saturated rings. The second kappa shape index (κ2) is 5.87. The van der Waals surface area contributed by atoms with E-state index in [1.165, 1.54) is 23.3 Å². The minimum atomic E-state index is -3.67. The highest BCUT2D eigenvalue weighted by molar-refractivity contribution is 7.97. The van der Waals surface area contributed by atoms with E-state index in [1.54, 1.807) is 10.5 Å². The van der Waals surface area contributed by atoms with Crippen molar-refractivity contribution in [2.24, 2.45) is 0 Å². The smallest absolute Gasteiger partial charge is 0.264 e. The third-order valence-corrected chi connectivity index (χ3v) is 6.56. The Balaban J connectivity index is 1.67. The van der Waals surface area contributed by atoms with E-state index < -0.39 is 10.0 Å². The lowest BCUT2D eigenvalue weighted by atomic mass is 10.0. The number of sulfonamides is 1. The van der Waals surface area contributed by atoms with E-state index in [0.29, 0.717) is 16.3 Å². The lowest BCUT2D eigenvalue weighted by Crippen LogP contribution is -2.25. The van der Waals surface area contributed by atoms with Gasteiger partial charge in [-0.05, 0) is 54.8 Å². The highest BCUT2D eigenvalue weighted by Crippen LogP contribution is 2.36. The molecule has 4 rings (SSSR count). The van der Waals surface area contributed by atoms with Crippen molar-refractivity contribution in [3.05, 3.63) is 64.0 Å². The van der Waals surface area contributed by atoms with E-state index in [9.17, 15) is 8.42 Å². The van der Waals surface area contributed by atoms with Crippen LogP contribution in [0.4, 0.5) is 5.69 Å². The van der Waals surface area contributed by atoms with Crippen LogP contribution in [0.5, 0.6) is 0 Å². The van der Waals surface area contributed by atoms with E-state index >= 15 is 0 Å². The number of hydrogen-bond acceptors (Lipinski definition) is 6. The maximum atomic E-state index is 13.0. The molecule has 1 aromatic rings. The Kier molecular flexibility index (Phi) is 3.82. The van der Waals surface area contributed by atoms with Crippen molar-refractivity contribution in [2.45, 2.75) is 19.9 Å². The van der Waals surface area contributed by atoms with Gasteiger partial charge in [-0.25, -0.2) is 8.42 Å². The molecule has 3 aliphatic heterocycles. The zero-order chi connectivity index (χ0) is 16.7. The van der Waals surface area contributed by atoms with Crippen LogP contribution in [-0.2, 0) is 23.0 Å². The third-order valence-electron chi connectivity index (χ3n) is 4.25. The molecule has 0 unspecified atom stereocenters. The van der Waals surface area contributed by atoms with E-state index in [0.717, 1.165) is 25.1 Å². The quantitative estimate of drug-likeness (QED) is 0.716. The van der Waals surface area contributed by atoms with E-state index in [2.05, 4.69) is 14.8 Å². The van der Waals surface area contributed by atoms with Gasteiger partial charge in [0.1, 0.15) is 4.91 Å². The van der Waals surface area contributed by atoms with Crippen molar-refractivity contribution >= 4 is 27.8 Å². The molecule has 0 saturated carbocycles. The number of nitrogens with zero attached hydrogens (tertiary/aromatic N) is 1. The molecule has 24 heavy (non-hydrogen) atoms. The van der Waals surface area contributed by atoms with Gasteiger partial charge in [0.25, 0.3) is 10.0 Å². The highest BCUT2D eigenvalue weighted by Gasteiger charge is 2.32. The van der Waals surface area contributed by atoms with Crippen molar-refractivity contribution in [1.29, 1.82) is 0 Å². The Labute approximate surface area is 146 Å². The average Bonchev–Trinajstić information content (AvgIpc) is 3.02. The fraction of sp³-hybridized carbons (Fsp3) is 0.250. The monoisotopic (exact) mass is 362 g/mol. The first-order valence-corrected chi connectivity index (χ1v) is 9.97. The van der Waals surface area contributed by atoms with Crippen LogP contribution in [0.3, 0.4) is 0 Å². The van der Waals surface area contributed by atoms with Crippen LogP contribution < -0.4 is 14.8 Å². The predicted octanol–water partition coefficient (Wildman–Crippen LogP) is 2.19. The van der Waals surface area contributed by atoms with Gasteiger partial charge in [0.05, 0.1) is 17.8 Å². The van der Waals surface area contributed by atoms with Crippen LogP contribution in [0.15, 0.2) is 52.9 Å². The van der Waals surface area contributed by atoms with E-state index in [-0.39, 0.29) is 0 Å². The molecule has 126 valence electrons. The lowest BCUT2D eigenvalue weighted by Gasteiger charge is -2.23. The summed E-state index contributed by atoms with van der Waals surface area (Å²) in [7, 11) is -3.67. The molecule has 0 aromatic heterocycles. The van der Waals surface area contributed by atoms with Crippen LogP contribution in [-0.4, -0.2) is 19.3 Å². The topological polar surface area (TPSA) is 73.5 Å². The molecule has 0 saturated heterocycles.